The Bertz CT molecular complexity index is 106. The molecule has 1 heteroatoms. The van der Waals surface area contributed by atoms with Gasteiger partial charge in [-0.3, -0.25) is 0 Å². The Labute approximate surface area is 96.7 Å². The van der Waals surface area contributed by atoms with Crippen LogP contribution in [0.15, 0.2) is 0 Å². The van der Waals surface area contributed by atoms with E-state index in [2.05, 4.69) is 20.8 Å². The highest BCUT2D eigenvalue weighted by atomic mass is 16.1. The maximum absolute atomic E-state index is 10.1. The number of aldehydes is 1. The van der Waals surface area contributed by atoms with Crippen LogP contribution in [0.2, 0.25) is 0 Å². The fourth-order valence-electron chi connectivity index (χ4n) is 1.28. The fraction of sp³-hybridized carbons (Fsp3) is 0.929. The summed E-state index contributed by atoms with van der Waals surface area (Å²) in [5, 5.41) is 0. The number of hydrogen-bond donors (Lipinski definition) is 0. The molecule has 0 spiro atoms. The molecule has 0 aromatic rings. The van der Waals surface area contributed by atoms with Crippen LogP contribution < -0.4 is 0 Å². The van der Waals surface area contributed by atoms with Crippen molar-refractivity contribution in [1.82, 2.24) is 0 Å². The van der Waals surface area contributed by atoms with Gasteiger partial charge < -0.3 is 4.79 Å². The minimum atomic E-state index is 0.275. The second-order valence-electron chi connectivity index (χ2n) is 4.32. The zero-order valence-corrected chi connectivity index (χ0v) is 11.2. The molecule has 1 unspecified atom stereocenters. The maximum atomic E-state index is 10.1. The van der Waals surface area contributed by atoms with Crippen molar-refractivity contribution in [3.63, 3.8) is 0 Å². The van der Waals surface area contributed by atoms with E-state index in [4.69, 9.17) is 0 Å². The molecule has 0 aliphatic carbocycles. The van der Waals surface area contributed by atoms with Crippen LogP contribution in [0.5, 0.6) is 0 Å². The Morgan fingerprint density at radius 2 is 1.27 bits per heavy atom. The summed E-state index contributed by atoms with van der Waals surface area (Å²) < 4.78 is 0. The molecule has 0 aromatic heterocycles. The van der Waals surface area contributed by atoms with Gasteiger partial charge in [0, 0.05) is 5.92 Å². The first-order valence-corrected chi connectivity index (χ1v) is 6.68. The Morgan fingerprint density at radius 3 is 1.60 bits per heavy atom. The standard InChI is InChI=1S/C8H16O.C6H14/c1-3-4-5-6-8(2)7-9;1-3-5-6-4-2/h7-8H,3-6H2,1-2H3;3-6H2,1-2H3. The lowest BCUT2D eigenvalue weighted by Gasteiger charge is -1.99. The van der Waals surface area contributed by atoms with Gasteiger partial charge >= 0.3 is 0 Å². The van der Waals surface area contributed by atoms with E-state index >= 15 is 0 Å². The van der Waals surface area contributed by atoms with Crippen LogP contribution in [0.4, 0.5) is 0 Å². The minimum absolute atomic E-state index is 0.275. The summed E-state index contributed by atoms with van der Waals surface area (Å²) in [4.78, 5) is 10.1. The third kappa shape index (κ3) is 19.9. The van der Waals surface area contributed by atoms with Gasteiger partial charge in [-0.2, -0.15) is 0 Å². The van der Waals surface area contributed by atoms with Crippen molar-refractivity contribution >= 4 is 6.29 Å². The first kappa shape index (κ1) is 17.1. The van der Waals surface area contributed by atoms with E-state index in [0.717, 1.165) is 12.7 Å². The zero-order valence-electron chi connectivity index (χ0n) is 11.2. The van der Waals surface area contributed by atoms with Crippen LogP contribution in [-0.2, 0) is 4.79 Å². The first-order valence-electron chi connectivity index (χ1n) is 6.68. The molecular formula is C14H30O. The van der Waals surface area contributed by atoms with Gasteiger partial charge in [-0.25, -0.2) is 0 Å². The van der Waals surface area contributed by atoms with Crippen molar-refractivity contribution in [3.8, 4) is 0 Å². The number of carbonyl (C=O) groups excluding carboxylic acids is 1. The van der Waals surface area contributed by atoms with Gasteiger partial charge in [0.05, 0.1) is 0 Å². The lowest BCUT2D eigenvalue weighted by Crippen LogP contribution is -1.94. The molecule has 15 heavy (non-hydrogen) atoms. The normalized spacial score (nSPS) is 11.5. The van der Waals surface area contributed by atoms with E-state index in [1.165, 1.54) is 44.9 Å². The van der Waals surface area contributed by atoms with Crippen LogP contribution in [0, 0.1) is 5.92 Å². The molecule has 0 rings (SSSR count). The summed E-state index contributed by atoms with van der Waals surface area (Å²) in [6, 6.07) is 0. The van der Waals surface area contributed by atoms with E-state index < -0.39 is 0 Å². The summed E-state index contributed by atoms with van der Waals surface area (Å²) in [7, 11) is 0. The van der Waals surface area contributed by atoms with E-state index in [0.29, 0.717) is 0 Å². The molecule has 0 amide bonds. The lowest BCUT2D eigenvalue weighted by atomic mass is 10.1. The monoisotopic (exact) mass is 214 g/mol. The van der Waals surface area contributed by atoms with E-state index in [1.54, 1.807) is 0 Å². The van der Waals surface area contributed by atoms with Crippen molar-refractivity contribution in [2.75, 3.05) is 0 Å². The SMILES string of the molecule is CCCCCC.CCCCCC(C)C=O. The molecule has 0 aromatic carbocycles. The summed E-state index contributed by atoms with van der Waals surface area (Å²) in [5.41, 5.74) is 0. The van der Waals surface area contributed by atoms with Crippen molar-refractivity contribution in [2.24, 2.45) is 5.92 Å². The molecule has 0 aliphatic heterocycles. The predicted molar refractivity (Wildman–Crippen MR) is 69.2 cm³/mol. The summed E-state index contributed by atoms with van der Waals surface area (Å²) in [6.07, 6.45) is 11.3. The molecule has 1 nitrogen and oxygen atoms in total. The highest BCUT2D eigenvalue weighted by molar-refractivity contribution is 5.52. The number of carbonyl (C=O) groups is 1. The van der Waals surface area contributed by atoms with Crippen molar-refractivity contribution in [3.05, 3.63) is 0 Å². The highest BCUT2D eigenvalue weighted by Crippen LogP contribution is 2.05. The Kier molecular flexibility index (Phi) is 18.3. The minimum Gasteiger partial charge on any atom is -0.303 e. The Balaban J connectivity index is 0. The molecule has 0 saturated carbocycles. The Morgan fingerprint density at radius 1 is 0.867 bits per heavy atom. The van der Waals surface area contributed by atoms with E-state index in [1.807, 2.05) is 6.92 Å². The molecular weight excluding hydrogens is 184 g/mol. The second-order valence-corrected chi connectivity index (χ2v) is 4.32. The van der Waals surface area contributed by atoms with Gasteiger partial charge in [-0.1, -0.05) is 72.6 Å². The first-order chi connectivity index (χ1) is 7.22. The topological polar surface area (TPSA) is 17.1 Å². The fourth-order valence-corrected chi connectivity index (χ4v) is 1.28. The summed E-state index contributed by atoms with van der Waals surface area (Å²) in [5.74, 6) is 0.275. The third-order valence-corrected chi connectivity index (χ3v) is 2.45. The Hall–Kier alpha value is -0.330. The van der Waals surface area contributed by atoms with Crippen LogP contribution in [0.3, 0.4) is 0 Å². The molecule has 0 N–H and O–H groups in total. The van der Waals surface area contributed by atoms with E-state index in [-0.39, 0.29) is 5.92 Å². The van der Waals surface area contributed by atoms with Crippen molar-refractivity contribution < 1.29 is 4.79 Å². The van der Waals surface area contributed by atoms with Gasteiger partial charge in [0.25, 0.3) is 0 Å². The van der Waals surface area contributed by atoms with Gasteiger partial charge in [0.15, 0.2) is 0 Å². The average molecular weight is 214 g/mol. The molecule has 0 fully saturated rings. The molecule has 1 atom stereocenters. The predicted octanol–water partition coefficient (Wildman–Crippen LogP) is 4.99. The lowest BCUT2D eigenvalue weighted by molar-refractivity contribution is -0.110. The van der Waals surface area contributed by atoms with Crippen LogP contribution >= 0.6 is 0 Å². The highest BCUT2D eigenvalue weighted by Gasteiger charge is 1.96. The average Bonchev–Trinajstić information content (AvgIpc) is 2.27. The molecule has 0 aliphatic rings. The van der Waals surface area contributed by atoms with Crippen LogP contribution in [-0.4, -0.2) is 6.29 Å². The number of hydrogen-bond acceptors (Lipinski definition) is 1. The van der Waals surface area contributed by atoms with Crippen LogP contribution in [0.25, 0.3) is 0 Å². The van der Waals surface area contributed by atoms with Crippen molar-refractivity contribution in [2.45, 2.75) is 79.1 Å². The summed E-state index contributed by atoms with van der Waals surface area (Å²) >= 11 is 0. The quantitative estimate of drug-likeness (QED) is 0.411. The van der Waals surface area contributed by atoms with Gasteiger partial charge in [-0.05, 0) is 6.42 Å². The molecule has 0 bridgehead atoms. The van der Waals surface area contributed by atoms with Crippen LogP contribution in [0.1, 0.15) is 79.1 Å². The van der Waals surface area contributed by atoms with Gasteiger partial charge in [0.1, 0.15) is 6.29 Å². The number of rotatable bonds is 8. The largest absolute Gasteiger partial charge is 0.303 e. The van der Waals surface area contributed by atoms with Gasteiger partial charge in [-0.15, -0.1) is 0 Å². The third-order valence-electron chi connectivity index (χ3n) is 2.45. The van der Waals surface area contributed by atoms with Gasteiger partial charge in [0.2, 0.25) is 0 Å². The smallest absolute Gasteiger partial charge is 0.122 e. The van der Waals surface area contributed by atoms with Crippen molar-refractivity contribution in [1.29, 1.82) is 0 Å². The maximum Gasteiger partial charge on any atom is 0.122 e. The second kappa shape index (κ2) is 16.1. The molecule has 92 valence electrons. The van der Waals surface area contributed by atoms with E-state index in [9.17, 15) is 4.79 Å². The molecule has 0 heterocycles. The zero-order chi connectivity index (χ0) is 11.9. The summed E-state index contributed by atoms with van der Waals surface area (Å²) in [6.45, 7) is 8.61. The molecule has 0 saturated heterocycles. The molecule has 0 radical (unpaired) electrons. The number of unbranched alkanes of at least 4 members (excludes halogenated alkanes) is 5.